The molecular formula is C12H16ClN3O2S. The smallest absolute Gasteiger partial charge is 0.351 e. The van der Waals surface area contributed by atoms with Gasteiger partial charge in [0.2, 0.25) is 0 Å². The molecule has 0 aliphatic carbocycles. The number of fused-ring (bicyclic) bond motifs is 3. The van der Waals surface area contributed by atoms with Crippen molar-refractivity contribution in [3.05, 3.63) is 10.0 Å². The first-order valence-electron chi connectivity index (χ1n) is 6.41. The number of methoxy groups -OCH3 is 1. The third-order valence-electron chi connectivity index (χ3n) is 3.92. The molecule has 1 N–H and O–H groups in total. The highest BCUT2D eigenvalue weighted by molar-refractivity contribution is 7.18. The van der Waals surface area contributed by atoms with Gasteiger partial charge in [0.05, 0.1) is 7.11 Å². The van der Waals surface area contributed by atoms with Crippen LogP contribution in [0.15, 0.2) is 0 Å². The van der Waals surface area contributed by atoms with Crippen LogP contribution in [0.2, 0.25) is 5.15 Å². The van der Waals surface area contributed by atoms with Crippen molar-refractivity contribution in [2.24, 2.45) is 5.92 Å². The quantitative estimate of drug-likeness (QED) is 0.867. The molecule has 1 aromatic rings. The lowest BCUT2D eigenvalue weighted by atomic mass is 9.84. The Hall–Kier alpha value is -0.850. The van der Waals surface area contributed by atoms with E-state index in [1.807, 2.05) is 0 Å². The number of esters is 1. The fourth-order valence-electron chi connectivity index (χ4n) is 2.87. The van der Waals surface area contributed by atoms with Gasteiger partial charge in [0.25, 0.3) is 0 Å². The summed E-state index contributed by atoms with van der Waals surface area (Å²) in [6.07, 6.45) is 2.47. The summed E-state index contributed by atoms with van der Waals surface area (Å²) in [6, 6.07) is 0.412. The average Bonchev–Trinajstić information content (AvgIpc) is 2.80. The summed E-state index contributed by atoms with van der Waals surface area (Å²) in [7, 11) is 1.35. The largest absolute Gasteiger partial charge is 0.465 e. The van der Waals surface area contributed by atoms with Gasteiger partial charge in [-0.25, -0.2) is 9.78 Å². The molecule has 0 spiro atoms. The van der Waals surface area contributed by atoms with Crippen molar-refractivity contribution < 1.29 is 9.53 Å². The van der Waals surface area contributed by atoms with E-state index in [1.165, 1.54) is 44.4 Å². The SMILES string of the molecule is COC(=O)c1sc(NC2CN3CCC2CC3)nc1Cl. The van der Waals surface area contributed by atoms with Crippen molar-refractivity contribution in [2.45, 2.75) is 18.9 Å². The first-order valence-corrected chi connectivity index (χ1v) is 7.60. The van der Waals surface area contributed by atoms with Gasteiger partial charge in [0.1, 0.15) is 0 Å². The van der Waals surface area contributed by atoms with Crippen LogP contribution in [0, 0.1) is 5.92 Å². The number of hydrogen-bond donors (Lipinski definition) is 1. The molecule has 2 bridgehead atoms. The van der Waals surface area contributed by atoms with E-state index >= 15 is 0 Å². The lowest BCUT2D eigenvalue weighted by Gasteiger charge is -2.44. The Morgan fingerprint density at radius 3 is 2.84 bits per heavy atom. The summed E-state index contributed by atoms with van der Waals surface area (Å²) in [5.41, 5.74) is 0. The number of halogens is 1. The van der Waals surface area contributed by atoms with E-state index in [0.717, 1.165) is 6.54 Å². The summed E-state index contributed by atoms with van der Waals surface area (Å²) in [6.45, 7) is 3.46. The van der Waals surface area contributed by atoms with Crippen LogP contribution in [-0.2, 0) is 4.74 Å². The number of anilines is 1. The third kappa shape index (κ3) is 2.57. The molecular weight excluding hydrogens is 286 g/mol. The molecule has 1 unspecified atom stereocenters. The van der Waals surface area contributed by atoms with Crippen LogP contribution in [0.3, 0.4) is 0 Å². The van der Waals surface area contributed by atoms with E-state index in [1.54, 1.807) is 0 Å². The summed E-state index contributed by atoms with van der Waals surface area (Å²) in [5.74, 6) is 0.277. The Bertz CT molecular complexity index is 485. The van der Waals surface area contributed by atoms with Crippen LogP contribution in [0.1, 0.15) is 22.5 Å². The highest BCUT2D eigenvalue weighted by Gasteiger charge is 2.34. The number of nitrogens with zero attached hydrogens (tertiary/aromatic N) is 2. The number of piperidine rings is 3. The van der Waals surface area contributed by atoms with Crippen LogP contribution in [0.25, 0.3) is 0 Å². The fourth-order valence-corrected chi connectivity index (χ4v) is 4.03. The van der Waals surface area contributed by atoms with Crippen molar-refractivity contribution >= 4 is 34.0 Å². The van der Waals surface area contributed by atoms with Crippen LogP contribution >= 0.6 is 22.9 Å². The van der Waals surface area contributed by atoms with E-state index in [2.05, 4.69) is 19.9 Å². The molecule has 5 nitrogen and oxygen atoms in total. The number of hydrogen-bond acceptors (Lipinski definition) is 6. The molecule has 0 radical (unpaired) electrons. The van der Waals surface area contributed by atoms with Gasteiger partial charge in [-0.1, -0.05) is 22.9 Å². The van der Waals surface area contributed by atoms with E-state index in [4.69, 9.17) is 11.6 Å². The highest BCUT2D eigenvalue weighted by atomic mass is 35.5. The molecule has 3 aliphatic heterocycles. The van der Waals surface area contributed by atoms with E-state index in [-0.39, 0.29) is 5.15 Å². The molecule has 1 aromatic heterocycles. The molecule has 1 atom stereocenters. The van der Waals surface area contributed by atoms with E-state index in [0.29, 0.717) is 22.0 Å². The third-order valence-corrected chi connectivity index (χ3v) is 5.27. The lowest BCUT2D eigenvalue weighted by molar-refractivity contribution is 0.0606. The zero-order valence-corrected chi connectivity index (χ0v) is 12.3. The van der Waals surface area contributed by atoms with E-state index < -0.39 is 5.97 Å². The molecule has 4 rings (SSSR count). The highest BCUT2D eigenvalue weighted by Crippen LogP contribution is 2.33. The number of aromatic nitrogens is 1. The second-order valence-electron chi connectivity index (χ2n) is 5.02. The molecule has 19 heavy (non-hydrogen) atoms. The molecule has 3 aliphatic rings. The molecule has 104 valence electrons. The average molecular weight is 302 g/mol. The Labute approximate surface area is 120 Å². The number of ether oxygens (including phenoxy) is 1. The number of thiazole rings is 1. The molecule has 4 heterocycles. The Morgan fingerprint density at radius 1 is 1.53 bits per heavy atom. The standard InChI is InChI=1S/C12H16ClN3O2S/c1-18-11(17)9-10(13)15-12(19-9)14-8-6-16-4-2-7(8)3-5-16/h7-8H,2-6H2,1H3,(H,14,15). The second-order valence-corrected chi connectivity index (χ2v) is 6.38. The maximum absolute atomic E-state index is 11.5. The van der Waals surface area contributed by atoms with Gasteiger partial charge in [-0.2, -0.15) is 0 Å². The second kappa shape index (κ2) is 5.26. The van der Waals surface area contributed by atoms with E-state index in [9.17, 15) is 4.79 Å². The van der Waals surface area contributed by atoms with Gasteiger partial charge in [0, 0.05) is 12.6 Å². The van der Waals surface area contributed by atoms with Gasteiger partial charge in [-0.3, -0.25) is 0 Å². The zero-order chi connectivity index (χ0) is 13.4. The zero-order valence-electron chi connectivity index (χ0n) is 10.7. The van der Waals surface area contributed by atoms with Crippen LogP contribution in [-0.4, -0.2) is 48.6 Å². The predicted molar refractivity (Wildman–Crippen MR) is 75.0 cm³/mol. The van der Waals surface area contributed by atoms with Gasteiger partial charge < -0.3 is 15.0 Å². The Morgan fingerprint density at radius 2 is 2.26 bits per heavy atom. The molecule has 3 fully saturated rings. The van der Waals surface area contributed by atoms with Crippen molar-refractivity contribution in [2.75, 3.05) is 32.1 Å². The normalized spacial score (nSPS) is 29.3. The summed E-state index contributed by atoms with van der Waals surface area (Å²) in [4.78, 5) is 18.5. The molecule has 7 heteroatoms. The van der Waals surface area contributed by atoms with Gasteiger partial charge >= 0.3 is 5.97 Å². The fraction of sp³-hybridized carbons (Fsp3) is 0.667. The lowest BCUT2D eigenvalue weighted by Crippen LogP contribution is -2.53. The monoisotopic (exact) mass is 301 g/mol. The maximum Gasteiger partial charge on any atom is 0.351 e. The molecule has 0 saturated carbocycles. The Kier molecular flexibility index (Phi) is 3.64. The number of nitrogens with one attached hydrogen (secondary N) is 1. The minimum atomic E-state index is -0.426. The van der Waals surface area contributed by atoms with Crippen molar-refractivity contribution in [3.8, 4) is 0 Å². The predicted octanol–water partition coefficient (Wildman–Crippen LogP) is 2.09. The van der Waals surface area contributed by atoms with Gasteiger partial charge in [-0.15, -0.1) is 0 Å². The first kappa shape index (κ1) is 13.1. The number of carbonyl (C=O) groups excluding carboxylic acids is 1. The minimum Gasteiger partial charge on any atom is -0.465 e. The van der Waals surface area contributed by atoms with Gasteiger partial charge in [0.15, 0.2) is 15.2 Å². The Balaban J connectivity index is 1.72. The topological polar surface area (TPSA) is 54.5 Å². The van der Waals surface area contributed by atoms with Crippen molar-refractivity contribution in [1.82, 2.24) is 9.88 Å². The molecule has 0 aromatic carbocycles. The first-order chi connectivity index (χ1) is 9.17. The van der Waals surface area contributed by atoms with Crippen LogP contribution in [0.4, 0.5) is 5.13 Å². The minimum absolute atomic E-state index is 0.223. The van der Waals surface area contributed by atoms with Crippen molar-refractivity contribution in [3.63, 3.8) is 0 Å². The molecule has 3 saturated heterocycles. The summed E-state index contributed by atoms with van der Waals surface area (Å²) in [5, 5.41) is 4.36. The number of rotatable bonds is 3. The summed E-state index contributed by atoms with van der Waals surface area (Å²) >= 11 is 7.23. The van der Waals surface area contributed by atoms with Crippen molar-refractivity contribution in [1.29, 1.82) is 0 Å². The van der Waals surface area contributed by atoms with Gasteiger partial charge in [-0.05, 0) is 31.8 Å². The van der Waals surface area contributed by atoms with Crippen LogP contribution in [0.5, 0.6) is 0 Å². The maximum atomic E-state index is 11.5. The number of carbonyl (C=O) groups is 1. The molecule has 0 amide bonds. The van der Waals surface area contributed by atoms with Crippen LogP contribution < -0.4 is 5.32 Å². The summed E-state index contributed by atoms with van der Waals surface area (Å²) < 4.78 is 4.68.